The van der Waals surface area contributed by atoms with Gasteiger partial charge in [-0.2, -0.15) is 0 Å². The predicted octanol–water partition coefficient (Wildman–Crippen LogP) is -5.82. The molecule has 16 heavy (non-hydrogen) atoms. The minimum Gasteiger partial charge on any atom is 2.00 e. The number of hydrogen-bond acceptors (Lipinski definition) is 1. The van der Waals surface area contributed by atoms with E-state index in [9.17, 15) is 0 Å². The fourth-order valence-electron chi connectivity index (χ4n) is 0.414. The SMILES string of the molecule is C=C1C=CC=C1.C=O.[Cl-].[Cl-].[Cl-].[Cl][Sn+]([Cl])[Cl].[Co+2]. The molecule has 0 unspecified atom stereocenters. The Kier molecular flexibility index (Phi) is 68.1. The van der Waals surface area contributed by atoms with Crippen LogP contribution in [0.3, 0.4) is 0 Å². The van der Waals surface area contributed by atoms with E-state index in [2.05, 4.69) is 6.58 Å². The molecule has 1 aliphatic carbocycles. The first kappa shape index (κ1) is 36.1. The third kappa shape index (κ3) is 44.5. The van der Waals surface area contributed by atoms with Crippen molar-refractivity contribution in [3.8, 4) is 0 Å². The Morgan fingerprint density at radius 3 is 1.19 bits per heavy atom. The molecular formula is C7H8Cl6CoOSn. The number of rotatable bonds is 0. The van der Waals surface area contributed by atoms with Crippen LogP contribution in [0, 0.1) is 0 Å². The second kappa shape index (κ2) is 30.2. The topological polar surface area (TPSA) is 17.1 Å². The zero-order valence-electron chi connectivity index (χ0n) is 7.73. The average molecular weight is 499 g/mol. The van der Waals surface area contributed by atoms with E-state index in [1.54, 1.807) is 0 Å². The van der Waals surface area contributed by atoms with E-state index >= 15 is 0 Å². The van der Waals surface area contributed by atoms with Gasteiger partial charge in [-0.25, -0.2) is 0 Å². The van der Waals surface area contributed by atoms with Crippen LogP contribution >= 0.6 is 26.8 Å². The molecule has 1 aliphatic rings. The van der Waals surface area contributed by atoms with E-state index in [4.69, 9.17) is 31.6 Å². The normalized spacial score (nSPS) is 8.31. The molecule has 1 rings (SSSR count). The molecule has 0 aromatic rings. The van der Waals surface area contributed by atoms with Gasteiger partial charge in [0.2, 0.25) is 0 Å². The van der Waals surface area contributed by atoms with E-state index in [1.165, 1.54) is 0 Å². The Morgan fingerprint density at radius 1 is 0.938 bits per heavy atom. The number of carbonyl (C=O) groups is 1. The van der Waals surface area contributed by atoms with E-state index in [1.807, 2.05) is 31.1 Å². The van der Waals surface area contributed by atoms with E-state index < -0.39 is 16.4 Å². The van der Waals surface area contributed by atoms with Crippen LogP contribution in [0.25, 0.3) is 0 Å². The molecule has 0 heterocycles. The summed E-state index contributed by atoms with van der Waals surface area (Å²) < 4.78 is 0. The van der Waals surface area contributed by atoms with Gasteiger partial charge >= 0.3 is 59.9 Å². The summed E-state index contributed by atoms with van der Waals surface area (Å²) >= 11 is -2.13. The van der Waals surface area contributed by atoms with Crippen LogP contribution in [0.2, 0.25) is 0 Å². The fourth-order valence-corrected chi connectivity index (χ4v) is 0.414. The summed E-state index contributed by atoms with van der Waals surface area (Å²) in [5, 5.41) is 0. The van der Waals surface area contributed by atoms with Crippen molar-refractivity contribution in [3.63, 3.8) is 0 Å². The van der Waals surface area contributed by atoms with E-state index in [0.717, 1.165) is 5.57 Å². The zero-order valence-corrected chi connectivity index (χ0v) is 16.2. The molecule has 0 bridgehead atoms. The van der Waals surface area contributed by atoms with Gasteiger partial charge in [0, 0.05) is 0 Å². The van der Waals surface area contributed by atoms with Crippen molar-refractivity contribution in [2.24, 2.45) is 0 Å². The second-order valence-corrected chi connectivity index (χ2v) is 14.2. The van der Waals surface area contributed by atoms with E-state index in [-0.39, 0.29) is 54.0 Å². The van der Waals surface area contributed by atoms with Crippen LogP contribution in [0.1, 0.15) is 0 Å². The first-order chi connectivity index (χ1) is 5.63. The van der Waals surface area contributed by atoms with Crippen LogP contribution < -0.4 is 37.2 Å². The van der Waals surface area contributed by atoms with E-state index in [0.29, 0.717) is 0 Å². The molecule has 0 N–H and O–H groups in total. The van der Waals surface area contributed by atoms with Gasteiger partial charge < -0.3 is 42.0 Å². The molecule has 0 saturated heterocycles. The molecule has 0 aromatic heterocycles. The summed E-state index contributed by atoms with van der Waals surface area (Å²) in [7, 11) is 15.0. The maximum absolute atomic E-state index is 8.00. The summed E-state index contributed by atoms with van der Waals surface area (Å²) in [6, 6.07) is 0. The molecule has 0 saturated carbocycles. The Balaban J connectivity index is -0.0000000230. The standard InChI is InChI=1S/C6H6.CH2O.6ClH.Co.Sn/c1-6-4-2-3-5-6;1-2;;;;;;;;/h2-5H,1H2;1H2;6*1H;;/q;;;;;;;;+2;+4/p-6. The van der Waals surface area contributed by atoms with Crippen LogP contribution in [0.4, 0.5) is 0 Å². The summed E-state index contributed by atoms with van der Waals surface area (Å²) in [6.07, 6.45) is 7.89. The molecule has 0 aliphatic heterocycles. The predicted molar refractivity (Wildman–Crippen MR) is 57.9 cm³/mol. The first-order valence-corrected chi connectivity index (χ1v) is 13.6. The second-order valence-electron chi connectivity index (χ2n) is 1.51. The van der Waals surface area contributed by atoms with Gasteiger partial charge in [-0.15, -0.1) is 0 Å². The summed E-state index contributed by atoms with van der Waals surface area (Å²) in [5.74, 6) is 0. The summed E-state index contributed by atoms with van der Waals surface area (Å²) in [6.45, 7) is 5.68. The van der Waals surface area contributed by atoms with Crippen molar-refractivity contribution in [1.82, 2.24) is 0 Å². The molecule has 1 nitrogen and oxygen atoms in total. The summed E-state index contributed by atoms with van der Waals surface area (Å²) in [4.78, 5) is 8.00. The molecule has 1 radical (unpaired) electrons. The fraction of sp³-hybridized carbons (Fsp3) is 0. The third-order valence-corrected chi connectivity index (χ3v) is 0.732. The number of allylic oxidation sites excluding steroid dienone is 5. The Labute approximate surface area is 143 Å². The van der Waals surface area contributed by atoms with Gasteiger partial charge in [0.15, 0.2) is 0 Å². The molecule has 0 aromatic carbocycles. The molecule has 0 fully saturated rings. The van der Waals surface area contributed by atoms with Crippen molar-refractivity contribution in [2.45, 2.75) is 0 Å². The summed E-state index contributed by atoms with van der Waals surface area (Å²) in [5.41, 5.74) is 1.09. The average Bonchev–Trinajstić information content (AvgIpc) is 2.43. The smallest absolute Gasteiger partial charge is 2.00 e. The van der Waals surface area contributed by atoms with Crippen LogP contribution in [-0.4, -0.2) is 23.2 Å². The van der Waals surface area contributed by atoms with Gasteiger partial charge in [-0.05, 0) is 5.57 Å². The largest absolute Gasteiger partial charge is 2.00 e. The molecule has 0 amide bonds. The Hall–Kier alpha value is 1.94. The van der Waals surface area contributed by atoms with Crippen molar-refractivity contribution >= 4 is 49.9 Å². The maximum Gasteiger partial charge on any atom is 2.00 e. The van der Waals surface area contributed by atoms with Gasteiger partial charge in [0.25, 0.3) is 0 Å². The maximum atomic E-state index is 8.00. The zero-order chi connectivity index (χ0) is 9.98. The van der Waals surface area contributed by atoms with Crippen LogP contribution in [0.5, 0.6) is 0 Å². The van der Waals surface area contributed by atoms with Crippen LogP contribution in [0.15, 0.2) is 36.5 Å². The van der Waals surface area contributed by atoms with Crippen molar-refractivity contribution < 1.29 is 58.8 Å². The Morgan fingerprint density at radius 2 is 1.12 bits per heavy atom. The monoisotopic (exact) mass is 497 g/mol. The molecule has 97 valence electrons. The minimum atomic E-state index is -2.13. The number of halogens is 6. The number of hydrogen-bond donors (Lipinski definition) is 0. The number of carbonyl (C=O) groups excluding carboxylic acids is 1. The van der Waals surface area contributed by atoms with Gasteiger partial charge in [0.1, 0.15) is 6.79 Å². The van der Waals surface area contributed by atoms with Crippen molar-refractivity contribution in [2.75, 3.05) is 0 Å². The quantitative estimate of drug-likeness (QED) is 0.305. The van der Waals surface area contributed by atoms with Crippen LogP contribution in [-0.2, 0) is 21.6 Å². The Bertz CT molecular complexity index is 171. The molecular weight excluding hydrogens is 490 g/mol. The van der Waals surface area contributed by atoms with Crippen molar-refractivity contribution in [3.05, 3.63) is 36.5 Å². The molecule has 9 heteroatoms. The van der Waals surface area contributed by atoms with Gasteiger partial charge in [-0.1, -0.05) is 30.9 Å². The molecule has 0 spiro atoms. The van der Waals surface area contributed by atoms with Gasteiger partial charge in [0.05, 0.1) is 0 Å². The molecule has 0 atom stereocenters. The van der Waals surface area contributed by atoms with Crippen molar-refractivity contribution in [1.29, 1.82) is 0 Å². The first-order valence-electron chi connectivity index (χ1n) is 2.79. The third-order valence-electron chi connectivity index (χ3n) is 0.732. The minimum absolute atomic E-state index is 0. The van der Waals surface area contributed by atoms with Gasteiger partial charge in [-0.3, -0.25) is 0 Å².